The van der Waals surface area contributed by atoms with Gasteiger partial charge in [-0.05, 0) is 50.8 Å². The van der Waals surface area contributed by atoms with Crippen LogP contribution >= 0.6 is 0 Å². The number of benzene rings is 1. The molecule has 7 nitrogen and oxygen atoms in total. The number of phenolic OH excluding ortho intramolecular Hbond substituents is 1. The number of rotatable bonds is 5. The predicted octanol–water partition coefficient (Wildman–Crippen LogP) is 1.34. The van der Waals surface area contributed by atoms with Crippen LogP contribution in [0.1, 0.15) is 48.5 Å². The molecule has 2 fully saturated rings. The van der Waals surface area contributed by atoms with E-state index in [1.165, 1.54) is 6.07 Å². The second kappa shape index (κ2) is 7.98. The molecule has 1 aromatic rings. The van der Waals surface area contributed by atoms with Crippen LogP contribution in [0, 0.1) is 12.8 Å². The number of likely N-dealkylation sites (N-methyl/N-ethyl adjacent to an activating group) is 1. The van der Waals surface area contributed by atoms with Gasteiger partial charge in [0.1, 0.15) is 11.8 Å². The number of aryl methyl sites for hydroxylation is 1. The zero-order valence-electron chi connectivity index (χ0n) is 15.8. The molecule has 0 bridgehead atoms. The van der Waals surface area contributed by atoms with Crippen molar-refractivity contribution in [2.75, 3.05) is 13.1 Å². The maximum absolute atomic E-state index is 12.7. The normalized spacial score (nSPS) is 22.2. The lowest BCUT2D eigenvalue weighted by Gasteiger charge is -2.32. The van der Waals surface area contributed by atoms with Gasteiger partial charge in [-0.2, -0.15) is 0 Å². The maximum atomic E-state index is 12.7. The monoisotopic (exact) mass is 373 g/mol. The highest BCUT2D eigenvalue weighted by Crippen LogP contribution is 2.31. The molecule has 3 amide bonds. The number of amides is 3. The lowest BCUT2D eigenvalue weighted by Crippen LogP contribution is -2.49. The van der Waals surface area contributed by atoms with Gasteiger partial charge < -0.3 is 20.6 Å². The molecule has 3 rings (SSSR count). The molecule has 2 atom stereocenters. The minimum absolute atomic E-state index is 0.00502. The molecule has 1 aliphatic carbocycles. The number of aromatic hydroxyl groups is 1. The summed E-state index contributed by atoms with van der Waals surface area (Å²) in [7, 11) is 0. The third kappa shape index (κ3) is 4.07. The summed E-state index contributed by atoms with van der Waals surface area (Å²) in [5.41, 5.74) is 1.05. The van der Waals surface area contributed by atoms with Crippen LogP contribution in [-0.4, -0.2) is 52.9 Å². The van der Waals surface area contributed by atoms with E-state index in [-0.39, 0.29) is 35.4 Å². The summed E-state index contributed by atoms with van der Waals surface area (Å²) in [6.45, 7) is 4.43. The van der Waals surface area contributed by atoms with E-state index in [9.17, 15) is 19.5 Å². The Morgan fingerprint density at radius 3 is 2.59 bits per heavy atom. The molecule has 27 heavy (non-hydrogen) atoms. The molecule has 146 valence electrons. The Bertz CT molecular complexity index is 745. The van der Waals surface area contributed by atoms with Crippen molar-refractivity contribution >= 4 is 17.7 Å². The number of carbonyl (C=O) groups is 3. The Balaban J connectivity index is 1.70. The van der Waals surface area contributed by atoms with Crippen LogP contribution in [0.4, 0.5) is 0 Å². The minimum atomic E-state index is -0.547. The largest absolute Gasteiger partial charge is 0.508 e. The van der Waals surface area contributed by atoms with Crippen molar-refractivity contribution in [1.29, 1.82) is 0 Å². The summed E-state index contributed by atoms with van der Waals surface area (Å²) in [4.78, 5) is 39.3. The fourth-order valence-corrected chi connectivity index (χ4v) is 3.63. The van der Waals surface area contributed by atoms with Gasteiger partial charge in [-0.15, -0.1) is 0 Å². The van der Waals surface area contributed by atoms with Crippen LogP contribution in [0.3, 0.4) is 0 Å². The Morgan fingerprint density at radius 2 is 2.00 bits per heavy atom. The van der Waals surface area contributed by atoms with E-state index >= 15 is 0 Å². The molecule has 1 saturated carbocycles. The molecule has 1 saturated heterocycles. The third-order valence-corrected chi connectivity index (χ3v) is 5.50. The Labute approximate surface area is 159 Å². The van der Waals surface area contributed by atoms with E-state index in [0.29, 0.717) is 30.6 Å². The summed E-state index contributed by atoms with van der Waals surface area (Å²) in [5, 5.41) is 15.5. The SMILES string of the molecule is CCNC(=O)[C@@H]1C[C@@H](NC(=O)c2ccc(C)c(O)c2)CN1C(=O)C1CCC1. The quantitative estimate of drug-likeness (QED) is 0.725. The first kappa shape index (κ1) is 19.2. The summed E-state index contributed by atoms with van der Waals surface area (Å²) in [6.07, 6.45) is 3.19. The van der Waals surface area contributed by atoms with Gasteiger partial charge in [0.05, 0.1) is 0 Å². The van der Waals surface area contributed by atoms with Crippen molar-refractivity contribution < 1.29 is 19.5 Å². The van der Waals surface area contributed by atoms with Gasteiger partial charge >= 0.3 is 0 Å². The van der Waals surface area contributed by atoms with E-state index in [1.54, 1.807) is 24.0 Å². The van der Waals surface area contributed by atoms with E-state index in [1.807, 2.05) is 6.92 Å². The number of nitrogens with zero attached hydrogens (tertiary/aromatic N) is 1. The number of likely N-dealkylation sites (tertiary alicyclic amines) is 1. The first-order valence-corrected chi connectivity index (χ1v) is 9.59. The molecule has 1 heterocycles. The van der Waals surface area contributed by atoms with Gasteiger partial charge in [0.25, 0.3) is 5.91 Å². The van der Waals surface area contributed by atoms with Gasteiger partial charge in [-0.1, -0.05) is 12.5 Å². The maximum Gasteiger partial charge on any atom is 0.251 e. The summed E-state index contributed by atoms with van der Waals surface area (Å²) in [5.74, 6) is -0.401. The summed E-state index contributed by atoms with van der Waals surface area (Å²) in [6, 6.07) is 3.92. The lowest BCUT2D eigenvalue weighted by atomic mass is 9.84. The van der Waals surface area contributed by atoms with Crippen LogP contribution in [0.25, 0.3) is 0 Å². The van der Waals surface area contributed by atoms with Crippen LogP contribution in [0.5, 0.6) is 5.75 Å². The highest BCUT2D eigenvalue weighted by molar-refractivity contribution is 5.95. The molecule has 0 radical (unpaired) electrons. The number of nitrogens with one attached hydrogen (secondary N) is 2. The molecule has 0 spiro atoms. The average Bonchev–Trinajstić information content (AvgIpc) is 3.00. The van der Waals surface area contributed by atoms with Crippen molar-refractivity contribution in [3.8, 4) is 5.75 Å². The van der Waals surface area contributed by atoms with Crippen molar-refractivity contribution in [3.63, 3.8) is 0 Å². The van der Waals surface area contributed by atoms with Gasteiger partial charge in [-0.25, -0.2) is 0 Å². The van der Waals surface area contributed by atoms with E-state index in [0.717, 1.165) is 19.3 Å². The molecular weight excluding hydrogens is 346 g/mol. The van der Waals surface area contributed by atoms with Gasteiger partial charge in [0.15, 0.2) is 0 Å². The molecular formula is C20H27N3O4. The summed E-state index contributed by atoms with van der Waals surface area (Å²) < 4.78 is 0. The van der Waals surface area contributed by atoms with Crippen molar-refractivity contribution in [1.82, 2.24) is 15.5 Å². The van der Waals surface area contributed by atoms with Crippen LogP contribution in [0.15, 0.2) is 18.2 Å². The smallest absolute Gasteiger partial charge is 0.251 e. The molecule has 1 aromatic carbocycles. The number of phenols is 1. The molecule has 3 N–H and O–H groups in total. The molecule has 0 aromatic heterocycles. The number of hydrogen-bond donors (Lipinski definition) is 3. The average molecular weight is 373 g/mol. The number of hydrogen-bond acceptors (Lipinski definition) is 4. The third-order valence-electron chi connectivity index (χ3n) is 5.50. The molecule has 1 aliphatic heterocycles. The van der Waals surface area contributed by atoms with Gasteiger partial charge in [0.2, 0.25) is 11.8 Å². The van der Waals surface area contributed by atoms with Crippen LogP contribution in [-0.2, 0) is 9.59 Å². The van der Waals surface area contributed by atoms with E-state index < -0.39 is 6.04 Å². The van der Waals surface area contributed by atoms with E-state index in [4.69, 9.17) is 0 Å². The first-order valence-electron chi connectivity index (χ1n) is 9.59. The molecule has 0 unspecified atom stereocenters. The van der Waals surface area contributed by atoms with Crippen molar-refractivity contribution in [2.24, 2.45) is 5.92 Å². The number of carbonyl (C=O) groups excluding carboxylic acids is 3. The lowest BCUT2D eigenvalue weighted by molar-refractivity contribution is -0.143. The minimum Gasteiger partial charge on any atom is -0.508 e. The Hall–Kier alpha value is -2.57. The highest BCUT2D eigenvalue weighted by atomic mass is 16.3. The predicted molar refractivity (Wildman–Crippen MR) is 100 cm³/mol. The Kier molecular flexibility index (Phi) is 5.68. The topological polar surface area (TPSA) is 98.7 Å². The van der Waals surface area contributed by atoms with Crippen molar-refractivity contribution in [3.05, 3.63) is 29.3 Å². The van der Waals surface area contributed by atoms with E-state index in [2.05, 4.69) is 10.6 Å². The fraction of sp³-hybridized carbons (Fsp3) is 0.550. The van der Waals surface area contributed by atoms with Crippen molar-refractivity contribution in [2.45, 2.75) is 51.6 Å². The zero-order valence-corrected chi connectivity index (χ0v) is 15.8. The molecule has 2 aliphatic rings. The highest BCUT2D eigenvalue weighted by Gasteiger charge is 2.43. The second-order valence-corrected chi connectivity index (χ2v) is 7.44. The van der Waals surface area contributed by atoms with Gasteiger partial charge in [0, 0.05) is 30.6 Å². The first-order chi connectivity index (χ1) is 12.9. The zero-order chi connectivity index (χ0) is 19.6. The standard InChI is InChI=1S/C20H27N3O4/c1-3-21-19(26)16-10-15(11-23(16)20(27)13-5-4-6-13)22-18(25)14-8-7-12(2)17(24)9-14/h7-9,13,15-16,24H,3-6,10-11H2,1-2H3,(H,21,26)(H,22,25)/t15-,16+/m1/s1. The Morgan fingerprint density at radius 1 is 1.26 bits per heavy atom. The summed E-state index contributed by atoms with van der Waals surface area (Å²) >= 11 is 0. The van der Waals surface area contributed by atoms with Crippen LogP contribution in [0.2, 0.25) is 0 Å². The second-order valence-electron chi connectivity index (χ2n) is 7.44. The molecule has 7 heteroatoms. The van der Waals surface area contributed by atoms with Gasteiger partial charge in [-0.3, -0.25) is 14.4 Å². The van der Waals surface area contributed by atoms with Crippen LogP contribution < -0.4 is 10.6 Å². The fourth-order valence-electron chi connectivity index (χ4n) is 3.63.